The second-order valence-corrected chi connectivity index (χ2v) is 18.3. The van der Waals surface area contributed by atoms with Crippen LogP contribution in [-0.2, 0) is 18.9 Å². The first kappa shape index (κ1) is 40.0. The van der Waals surface area contributed by atoms with Crippen LogP contribution in [0.25, 0.3) is 22.3 Å². The van der Waals surface area contributed by atoms with Crippen molar-refractivity contribution >= 4 is 52.9 Å². The van der Waals surface area contributed by atoms with E-state index < -0.39 is 54.9 Å². The van der Waals surface area contributed by atoms with Gasteiger partial charge in [-0.3, -0.25) is 14.2 Å². The number of anilines is 1. The van der Waals surface area contributed by atoms with Crippen molar-refractivity contribution in [1.82, 2.24) is 25.5 Å². The summed E-state index contributed by atoms with van der Waals surface area (Å²) in [5.41, 5.74) is 1.78. The largest absolute Gasteiger partial charge is 0.497 e. The van der Waals surface area contributed by atoms with Crippen molar-refractivity contribution in [1.29, 1.82) is 0 Å². The van der Waals surface area contributed by atoms with E-state index in [9.17, 15) is 28.7 Å². The summed E-state index contributed by atoms with van der Waals surface area (Å²) in [4.78, 5) is 73.9. The van der Waals surface area contributed by atoms with E-state index in [-0.39, 0.29) is 31.5 Å². The van der Waals surface area contributed by atoms with E-state index >= 15 is 0 Å². The lowest BCUT2D eigenvalue weighted by Crippen LogP contribution is -2.55. The van der Waals surface area contributed by atoms with Gasteiger partial charge in [-0.1, -0.05) is 25.0 Å². The van der Waals surface area contributed by atoms with Crippen LogP contribution in [-0.4, -0.2) is 91.8 Å². The number of carbonyl (C=O) groups is 3. The third-order valence-electron chi connectivity index (χ3n) is 11.0. The van der Waals surface area contributed by atoms with Gasteiger partial charge in [0.05, 0.1) is 24.9 Å². The number of nitrogens with one attached hydrogen (secondary N) is 3. The lowest BCUT2D eigenvalue weighted by atomic mass is 10.0. The van der Waals surface area contributed by atoms with Crippen LogP contribution in [0.5, 0.6) is 11.5 Å². The molecule has 5 atom stereocenters. The normalized spacial score (nSPS) is 26.2. The number of rotatable bonds is 9. The molecule has 2 saturated carbocycles. The SMILES string of the molecule is COc1ccc2c(O[C@@H]3C[C@H]4C(=O)NC5(P(=O)(O)O)CC5C=CCCCCC[C@H](NC(=O)OC5CCCC5)C(=O)N4C3)cc(-c3csc(NC(C)C)n3)nc2c1. The molecule has 2 aliphatic carbocycles. The Balaban J connectivity index is 1.21. The van der Waals surface area contributed by atoms with Gasteiger partial charge in [0.1, 0.15) is 46.8 Å². The monoisotopic (exact) mass is 810 g/mol. The van der Waals surface area contributed by atoms with E-state index in [0.29, 0.717) is 53.1 Å². The predicted molar refractivity (Wildman–Crippen MR) is 212 cm³/mol. The molecular formula is C39H51N6O9PS. The van der Waals surface area contributed by atoms with E-state index in [2.05, 4.69) is 16.0 Å². The van der Waals surface area contributed by atoms with Gasteiger partial charge in [0.25, 0.3) is 0 Å². The average molecular weight is 811 g/mol. The number of aromatic nitrogens is 2. The molecule has 4 heterocycles. The number of hydrogen-bond donors (Lipinski definition) is 5. The highest BCUT2D eigenvalue weighted by molar-refractivity contribution is 7.54. The Bertz CT molecular complexity index is 2010. The minimum Gasteiger partial charge on any atom is -0.497 e. The molecule has 56 heavy (non-hydrogen) atoms. The number of pyridine rings is 1. The van der Waals surface area contributed by atoms with Crippen molar-refractivity contribution in [2.45, 2.75) is 120 Å². The Hall–Kier alpha value is -4.24. The van der Waals surface area contributed by atoms with Crippen molar-refractivity contribution in [3.05, 3.63) is 41.8 Å². The quantitative estimate of drug-likeness (QED) is 0.123. The molecule has 1 aromatic carbocycles. The summed E-state index contributed by atoms with van der Waals surface area (Å²) in [6.45, 7) is 4.04. The standard InChI is InChI=1S/C39H51N6O9PS/c1-23(2)40-37-42-32(22-56-37)31-19-34(28-16-15-26(52-3)17-30(28)41-31)53-27-18-33-35(46)44-39(55(49,50)51)20-24(39)11-7-5-4-6-8-14-29(36(47)45(33)21-27)43-38(48)54-25-12-9-10-13-25/h7,11,15-17,19,22-25,27,29,33H,4-6,8-10,12-14,18,20-21H2,1-3H3,(H,40,42)(H,43,48)(H,44,46)(H2,49,50,51)/t24?,27-,29+,33+,39?/m1/s1. The van der Waals surface area contributed by atoms with Crippen LogP contribution in [0.1, 0.15) is 84.5 Å². The topological polar surface area (TPSA) is 202 Å². The summed E-state index contributed by atoms with van der Waals surface area (Å²) in [6.07, 6.45) is 8.87. The van der Waals surface area contributed by atoms with Crippen molar-refractivity contribution in [2.75, 3.05) is 19.0 Å². The average Bonchev–Trinajstić information content (AvgIpc) is 3.57. The molecule has 17 heteroatoms. The number of benzene rings is 1. The number of hydrogen-bond acceptors (Lipinski definition) is 11. The molecule has 302 valence electrons. The van der Waals surface area contributed by atoms with Gasteiger partial charge in [-0.2, -0.15) is 0 Å². The Labute approximate surface area is 330 Å². The second kappa shape index (κ2) is 16.7. The first-order valence-electron chi connectivity index (χ1n) is 19.5. The molecule has 0 bridgehead atoms. The Kier molecular flexibility index (Phi) is 11.9. The van der Waals surface area contributed by atoms with E-state index in [1.165, 1.54) is 16.2 Å². The summed E-state index contributed by atoms with van der Waals surface area (Å²) in [6, 6.07) is 5.27. The van der Waals surface area contributed by atoms with E-state index in [1.54, 1.807) is 31.4 Å². The van der Waals surface area contributed by atoms with Gasteiger partial charge in [0.2, 0.25) is 11.8 Å². The molecule has 1 saturated heterocycles. The molecule has 3 amide bonds. The first-order chi connectivity index (χ1) is 26.8. The van der Waals surface area contributed by atoms with Crippen LogP contribution in [0.2, 0.25) is 0 Å². The van der Waals surface area contributed by atoms with E-state index in [4.69, 9.17) is 24.2 Å². The number of ether oxygens (including phenoxy) is 3. The fraction of sp³-hybridized carbons (Fsp3) is 0.564. The van der Waals surface area contributed by atoms with Gasteiger partial charge < -0.3 is 44.8 Å². The van der Waals surface area contributed by atoms with Crippen LogP contribution in [0.3, 0.4) is 0 Å². The summed E-state index contributed by atoms with van der Waals surface area (Å²) in [5.74, 6) is -0.671. The fourth-order valence-corrected chi connectivity index (χ4v) is 10.0. The molecule has 0 radical (unpaired) electrons. The van der Waals surface area contributed by atoms with Gasteiger partial charge >= 0.3 is 13.7 Å². The molecule has 3 aromatic rings. The van der Waals surface area contributed by atoms with Gasteiger partial charge in [-0.15, -0.1) is 11.3 Å². The van der Waals surface area contributed by atoms with Crippen molar-refractivity contribution in [2.24, 2.45) is 5.92 Å². The lowest BCUT2D eigenvalue weighted by molar-refractivity contribution is -0.140. The van der Waals surface area contributed by atoms with Gasteiger partial charge in [-0.05, 0) is 77.3 Å². The van der Waals surface area contributed by atoms with Gasteiger partial charge in [-0.25, -0.2) is 14.8 Å². The summed E-state index contributed by atoms with van der Waals surface area (Å²) >= 11 is 1.46. The molecule has 4 aliphatic rings. The molecule has 2 aromatic heterocycles. The van der Waals surface area contributed by atoms with Gasteiger partial charge in [0, 0.05) is 41.3 Å². The Morgan fingerprint density at radius 1 is 1.05 bits per heavy atom. The zero-order valence-electron chi connectivity index (χ0n) is 31.9. The van der Waals surface area contributed by atoms with Gasteiger partial charge in [0.15, 0.2) is 5.13 Å². The zero-order valence-corrected chi connectivity index (χ0v) is 33.7. The highest BCUT2D eigenvalue weighted by Gasteiger charge is 2.66. The number of alkyl carbamates (subject to hydrolysis) is 1. The number of nitrogens with zero attached hydrogens (tertiary/aromatic N) is 3. The number of amides is 3. The molecular weight excluding hydrogens is 760 g/mol. The van der Waals surface area contributed by atoms with E-state index in [1.807, 2.05) is 31.4 Å². The molecule has 2 unspecified atom stereocenters. The molecule has 5 N–H and O–H groups in total. The highest BCUT2D eigenvalue weighted by Crippen LogP contribution is 2.67. The summed E-state index contributed by atoms with van der Waals surface area (Å²) < 4.78 is 30.8. The maximum Gasteiger partial charge on any atom is 0.408 e. The Morgan fingerprint density at radius 3 is 2.59 bits per heavy atom. The molecule has 0 spiro atoms. The second-order valence-electron chi connectivity index (χ2n) is 15.6. The first-order valence-corrected chi connectivity index (χ1v) is 22.0. The summed E-state index contributed by atoms with van der Waals surface area (Å²) in [5, 5.41) is 10.4. The third kappa shape index (κ3) is 8.83. The van der Waals surface area contributed by atoms with Crippen molar-refractivity contribution in [3.8, 4) is 22.9 Å². The van der Waals surface area contributed by atoms with Crippen LogP contribution >= 0.6 is 18.9 Å². The number of methoxy groups -OCH3 is 1. The van der Waals surface area contributed by atoms with Crippen LogP contribution in [0, 0.1) is 5.92 Å². The molecule has 7 rings (SSSR count). The highest BCUT2D eigenvalue weighted by atomic mass is 32.1. The number of thiazole rings is 1. The zero-order chi connectivity index (χ0) is 39.6. The fourth-order valence-electron chi connectivity index (χ4n) is 7.98. The number of carbonyl (C=O) groups excluding carboxylic acids is 3. The minimum absolute atomic E-state index is 0.0204. The van der Waals surface area contributed by atoms with E-state index in [0.717, 1.165) is 43.7 Å². The number of allylic oxidation sites excluding steroid dienone is 1. The predicted octanol–water partition coefficient (Wildman–Crippen LogP) is 6.10. The van der Waals surface area contributed by atoms with Crippen LogP contribution in [0.4, 0.5) is 9.93 Å². The summed E-state index contributed by atoms with van der Waals surface area (Å²) in [7, 11) is -3.24. The molecule has 2 aliphatic heterocycles. The third-order valence-corrected chi connectivity index (χ3v) is 13.5. The smallest absolute Gasteiger partial charge is 0.408 e. The van der Waals surface area contributed by atoms with Crippen LogP contribution < -0.4 is 25.4 Å². The molecule has 3 fully saturated rings. The minimum atomic E-state index is -4.81. The molecule has 15 nitrogen and oxygen atoms in total. The number of fused-ring (bicyclic) bond motifs is 3. The maximum absolute atomic E-state index is 14.6. The van der Waals surface area contributed by atoms with Crippen molar-refractivity contribution < 1.29 is 42.9 Å². The van der Waals surface area contributed by atoms with Crippen LogP contribution in [0.15, 0.2) is 41.8 Å². The van der Waals surface area contributed by atoms with Crippen molar-refractivity contribution in [3.63, 3.8) is 0 Å². The maximum atomic E-state index is 14.6. The Morgan fingerprint density at radius 2 is 1.84 bits per heavy atom. The lowest BCUT2D eigenvalue weighted by Gasteiger charge is -2.30.